The van der Waals surface area contributed by atoms with E-state index in [9.17, 15) is 0 Å². The minimum absolute atomic E-state index is 0.282. The minimum atomic E-state index is -0.329. The third-order valence-corrected chi connectivity index (χ3v) is 8.88. The average molecular weight is 567 g/mol. The number of fused-ring (bicyclic) bond motifs is 5. The van der Waals surface area contributed by atoms with Gasteiger partial charge in [-0.15, -0.1) is 0 Å². The van der Waals surface area contributed by atoms with Crippen molar-refractivity contribution in [1.82, 2.24) is 4.98 Å². The molecule has 5 aromatic rings. The first-order valence-electron chi connectivity index (χ1n) is 15.6. The Morgan fingerprint density at radius 2 is 1.63 bits per heavy atom. The molecule has 4 heteroatoms. The fourth-order valence-corrected chi connectivity index (χ4v) is 6.94. The lowest BCUT2D eigenvalue weighted by molar-refractivity contribution is 0.262. The Morgan fingerprint density at radius 3 is 2.37 bits per heavy atom. The van der Waals surface area contributed by atoms with Crippen LogP contribution in [-0.4, -0.2) is 4.98 Å². The Labute approximate surface area is 254 Å². The van der Waals surface area contributed by atoms with Gasteiger partial charge >= 0.3 is 0 Å². The minimum Gasteiger partial charge on any atom is -0.462 e. The monoisotopic (exact) mass is 566 g/mol. The maximum Gasteiger partial charge on any atom is 0.196 e. The molecule has 0 fully saturated rings. The molecule has 8 rings (SSSR count). The van der Waals surface area contributed by atoms with Gasteiger partial charge in [-0.25, -0.2) is 4.98 Å². The molecule has 0 bridgehead atoms. The zero-order chi connectivity index (χ0) is 29.6. The quantitative estimate of drug-likeness (QED) is 0.235. The van der Waals surface area contributed by atoms with Crippen LogP contribution in [0, 0.1) is 0 Å². The lowest BCUT2D eigenvalue weighted by Gasteiger charge is -2.36. The average Bonchev–Trinajstić information content (AvgIpc) is 3.77. The molecule has 0 saturated carbocycles. The number of aromatic nitrogens is 1. The van der Waals surface area contributed by atoms with E-state index in [0.717, 1.165) is 40.9 Å². The van der Waals surface area contributed by atoms with Gasteiger partial charge in [-0.1, -0.05) is 119 Å². The highest BCUT2D eigenvalue weighted by atomic mass is 16.5. The van der Waals surface area contributed by atoms with E-state index in [2.05, 4.69) is 123 Å². The summed E-state index contributed by atoms with van der Waals surface area (Å²) in [7, 11) is 0. The van der Waals surface area contributed by atoms with E-state index in [-0.39, 0.29) is 11.6 Å². The maximum atomic E-state index is 6.37. The number of hydrogen-bond donors (Lipinski definition) is 1. The van der Waals surface area contributed by atoms with Gasteiger partial charge in [0, 0.05) is 5.56 Å². The molecule has 3 aliphatic rings. The van der Waals surface area contributed by atoms with Crippen LogP contribution in [0.3, 0.4) is 0 Å². The molecule has 43 heavy (non-hydrogen) atoms. The van der Waals surface area contributed by atoms with Crippen molar-refractivity contribution in [2.75, 3.05) is 5.32 Å². The van der Waals surface area contributed by atoms with Crippen LogP contribution in [0.1, 0.15) is 92.5 Å². The molecule has 2 atom stereocenters. The summed E-state index contributed by atoms with van der Waals surface area (Å²) in [5, 5.41) is 3.52. The van der Waals surface area contributed by atoms with Crippen LogP contribution in [0.4, 0.5) is 5.69 Å². The summed E-state index contributed by atoms with van der Waals surface area (Å²) in [6.07, 6.45) is 9.20. The van der Waals surface area contributed by atoms with Gasteiger partial charge in [0.1, 0.15) is 0 Å². The maximum absolute atomic E-state index is 6.37. The number of rotatable bonds is 4. The Morgan fingerprint density at radius 1 is 0.907 bits per heavy atom. The van der Waals surface area contributed by atoms with E-state index in [1.54, 1.807) is 0 Å². The fourth-order valence-electron chi connectivity index (χ4n) is 6.94. The largest absolute Gasteiger partial charge is 0.462 e. The number of ether oxygens (including phenoxy) is 1. The Balaban J connectivity index is 0.000000963. The van der Waals surface area contributed by atoms with Gasteiger partial charge < -0.3 is 14.5 Å². The van der Waals surface area contributed by atoms with Gasteiger partial charge in [-0.3, -0.25) is 0 Å². The van der Waals surface area contributed by atoms with Crippen molar-refractivity contribution in [3.8, 4) is 5.75 Å². The highest BCUT2D eigenvalue weighted by Crippen LogP contribution is 2.57. The number of nitrogens with one attached hydrogen (secondary N) is 1. The van der Waals surface area contributed by atoms with Crippen molar-refractivity contribution < 1.29 is 9.15 Å². The zero-order valence-electron chi connectivity index (χ0n) is 25.4. The number of anilines is 1. The highest BCUT2D eigenvalue weighted by molar-refractivity contribution is 5.91. The van der Waals surface area contributed by atoms with Crippen LogP contribution in [-0.2, 0) is 5.41 Å². The van der Waals surface area contributed by atoms with Crippen molar-refractivity contribution >= 4 is 22.4 Å². The molecule has 0 spiro atoms. The molecule has 2 unspecified atom stereocenters. The van der Waals surface area contributed by atoms with Crippen molar-refractivity contribution in [3.63, 3.8) is 0 Å². The number of benzene rings is 4. The lowest BCUT2D eigenvalue weighted by Crippen LogP contribution is -2.30. The number of hydrogen-bond acceptors (Lipinski definition) is 4. The molecule has 4 nitrogen and oxygen atoms in total. The van der Waals surface area contributed by atoms with Gasteiger partial charge in [0.15, 0.2) is 29.5 Å². The molecular formula is C39H38N2O2. The Hall–Kier alpha value is -4.57. The third-order valence-electron chi connectivity index (χ3n) is 8.88. The molecule has 1 N–H and O–H groups in total. The highest BCUT2D eigenvalue weighted by Gasteiger charge is 2.47. The molecule has 1 aromatic heterocycles. The molecule has 4 aromatic carbocycles. The Kier molecular flexibility index (Phi) is 6.93. The van der Waals surface area contributed by atoms with E-state index in [0.29, 0.717) is 5.92 Å². The molecule has 2 aliphatic carbocycles. The Bertz CT molecular complexity index is 1840. The topological polar surface area (TPSA) is 47.3 Å². The molecule has 0 radical (unpaired) electrons. The van der Waals surface area contributed by atoms with Crippen molar-refractivity contribution in [2.24, 2.45) is 0 Å². The summed E-state index contributed by atoms with van der Waals surface area (Å²) in [6.45, 7) is 8.76. The van der Waals surface area contributed by atoms with Gasteiger partial charge in [-0.05, 0) is 69.9 Å². The summed E-state index contributed by atoms with van der Waals surface area (Å²) in [5.74, 6) is 1.24. The van der Waals surface area contributed by atoms with Crippen molar-refractivity contribution in [3.05, 3.63) is 142 Å². The van der Waals surface area contributed by atoms with Gasteiger partial charge in [0.2, 0.25) is 0 Å². The molecule has 2 heterocycles. The molecule has 0 saturated heterocycles. The standard InChI is InChI=1S/C36H30N2O2.C3H8/c1-22(2)23-11-15-25(16-12-23)36(29-9-5-3-7-27(29)28-8-4-6-10-30(28)36)26-17-13-24(14-18-26)35-38-31-19-20-32-33(34(31)40-35)37-21-39-32;1-3-2/h3-5,7-9,11-22,35,38H,6,10H2,1-2H3;3H2,1-2H3. The second kappa shape index (κ2) is 10.9. The smallest absolute Gasteiger partial charge is 0.196 e. The van der Waals surface area contributed by atoms with Gasteiger partial charge in [0.25, 0.3) is 0 Å². The summed E-state index contributed by atoms with van der Waals surface area (Å²) < 4.78 is 11.8. The zero-order valence-corrected chi connectivity index (χ0v) is 25.4. The molecule has 0 amide bonds. The third kappa shape index (κ3) is 4.31. The number of oxazole rings is 1. The van der Waals surface area contributed by atoms with Gasteiger partial charge in [-0.2, -0.15) is 0 Å². The first-order chi connectivity index (χ1) is 21.1. The summed E-state index contributed by atoms with van der Waals surface area (Å²) in [5.41, 5.74) is 12.7. The van der Waals surface area contributed by atoms with Crippen LogP contribution in [0.2, 0.25) is 0 Å². The van der Waals surface area contributed by atoms with Crippen LogP contribution >= 0.6 is 0 Å². The van der Waals surface area contributed by atoms with E-state index in [1.165, 1.54) is 51.8 Å². The van der Waals surface area contributed by atoms with Gasteiger partial charge in [0.05, 0.1) is 11.1 Å². The van der Waals surface area contributed by atoms with Crippen molar-refractivity contribution in [1.29, 1.82) is 0 Å². The number of allylic oxidation sites excluding steroid dienone is 4. The molecule has 1 aliphatic heterocycles. The normalized spacial score (nSPS) is 19.8. The van der Waals surface area contributed by atoms with Crippen LogP contribution in [0.5, 0.6) is 5.75 Å². The molecular weight excluding hydrogens is 528 g/mol. The van der Waals surface area contributed by atoms with E-state index >= 15 is 0 Å². The predicted octanol–water partition coefficient (Wildman–Crippen LogP) is 10.3. The second-order valence-electron chi connectivity index (χ2n) is 12.0. The summed E-state index contributed by atoms with van der Waals surface area (Å²) >= 11 is 0. The van der Waals surface area contributed by atoms with E-state index in [1.807, 2.05) is 12.1 Å². The first kappa shape index (κ1) is 27.3. The van der Waals surface area contributed by atoms with E-state index < -0.39 is 0 Å². The predicted molar refractivity (Wildman–Crippen MR) is 176 cm³/mol. The summed E-state index contributed by atoms with van der Waals surface area (Å²) in [4.78, 5) is 4.36. The number of nitrogens with zero attached hydrogens (tertiary/aromatic N) is 1. The SMILES string of the molecule is CC(C)c1ccc(C2(c3ccc(C4Nc5ccc6ocnc6c5O4)cc3)C3=C(C=CCC3)c3ccccc32)cc1.CCC. The molecule has 216 valence electrons. The first-order valence-corrected chi connectivity index (χ1v) is 15.6. The summed E-state index contributed by atoms with van der Waals surface area (Å²) in [6, 6.07) is 31.3. The fraction of sp³-hybridized carbons (Fsp3) is 0.256. The van der Waals surface area contributed by atoms with Crippen molar-refractivity contribution in [2.45, 2.75) is 64.5 Å². The lowest BCUT2D eigenvalue weighted by atomic mass is 9.65. The van der Waals surface area contributed by atoms with E-state index in [4.69, 9.17) is 9.15 Å². The second-order valence-corrected chi connectivity index (χ2v) is 12.0. The van der Waals surface area contributed by atoms with Crippen LogP contribution in [0.15, 0.2) is 113 Å². The van der Waals surface area contributed by atoms with Crippen LogP contribution < -0.4 is 10.1 Å². The van der Waals surface area contributed by atoms with Crippen LogP contribution in [0.25, 0.3) is 16.7 Å².